The lowest BCUT2D eigenvalue weighted by Crippen LogP contribution is -2.31. The van der Waals surface area contributed by atoms with Crippen molar-refractivity contribution in [2.75, 3.05) is 14.1 Å². The van der Waals surface area contributed by atoms with E-state index in [-0.39, 0.29) is 18.1 Å². The lowest BCUT2D eigenvalue weighted by atomic mass is 10.1. The summed E-state index contributed by atoms with van der Waals surface area (Å²) in [6, 6.07) is 13.6. The summed E-state index contributed by atoms with van der Waals surface area (Å²) < 4.78 is 10.8. The molecule has 1 amide bonds. The Hall–Kier alpha value is -3.28. The van der Waals surface area contributed by atoms with Crippen LogP contribution in [-0.2, 0) is 20.7 Å². The maximum absolute atomic E-state index is 12.4. The van der Waals surface area contributed by atoms with Crippen molar-refractivity contribution in [2.24, 2.45) is 0 Å². The van der Waals surface area contributed by atoms with E-state index in [1.54, 1.807) is 44.4 Å². The minimum absolute atomic E-state index is 0.0399. The van der Waals surface area contributed by atoms with Gasteiger partial charge in [0.2, 0.25) is 6.10 Å². The first kappa shape index (κ1) is 17.5. The van der Waals surface area contributed by atoms with E-state index in [0.717, 1.165) is 5.39 Å². The molecule has 0 aliphatic heterocycles. The summed E-state index contributed by atoms with van der Waals surface area (Å²) in [5, 5.41) is 10.2. The fourth-order valence-corrected chi connectivity index (χ4v) is 2.66. The number of ether oxygens (including phenoxy) is 1. The van der Waals surface area contributed by atoms with Crippen molar-refractivity contribution in [1.82, 2.24) is 4.90 Å². The minimum atomic E-state index is -0.999. The van der Waals surface area contributed by atoms with E-state index in [0.29, 0.717) is 16.7 Å². The zero-order chi connectivity index (χ0) is 18.7. The van der Waals surface area contributed by atoms with Crippen LogP contribution in [0.15, 0.2) is 59.2 Å². The Morgan fingerprint density at radius 2 is 1.88 bits per heavy atom. The molecule has 2 aromatic carbocycles. The molecule has 0 radical (unpaired) electrons. The molecule has 134 valence electrons. The van der Waals surface area contributed by atoms with E-state index in [2.05, 4.69) is 0 Å². The summed E-state index contributed by atoms with van der Waals surface area (Å²) in [6.07, 6.45) is 0.416. The first-order valence-electron chi connectivity index (χ1n) is 8.10. The van der Waals surface area contributed by atoms with E-state index in [1.807, 2.05) is 6.07 Å². The van der Waals surface area contributed by atoms with Crippen LogP contribution in [0.4, 0.5) is 0 Å². The molecule has 0 fully saturated rings. The van der Waals surface area contributed by atoms with Gasteiger partial charge < -0.3 is 19.2 Å². The monoisotopic (exact) mass is 353 g/mol. The Morgan fingerprint density at radius 3 is 2.58 bits per heavy atom. The molecule has 1 aromatic heterocycles. The highest BCUT2D eigenvalue weighted by atomic mass is 16.5. The molecule has 6 heteroatoms. The molecule has 0 aliphatic rings. The molecule has 0 bridgehead atoms. The van der Waals surface area contributed by atoms with Crippen molar-refractivity contribution < 1.29 is 23.8 Å². The number of likely N-dealkylation sites (N-methyl/N-ethyl adjacent to an activating group) is 1. The first-order chi connectivity index (χ1) is 12.5. The van der Waals surface area contributed by atoms with Gasteiger partial charge in [0.05, 0.1) is 12.7 Å². The van der Waals surface area contributed by atoms with Crippen molar-refractivity contribution in [1.29, 1.82) is 0 Å². The molecule has 0 unspecified atom stereocenters. The number of benzene rings is 2. The van der Waals surface area contributed by atoms with Crippen molar-refractivity contribution in [3.05, 3.63) is 65.9 Å². The second kappa shape index (κ2) is 7.31. The number of hydrogen-bond donors (Lipinski definition) is 1. The maximum Gasteiger partial charge on any atom is 0.311 e. The maximum atomic E-state index is 12.4. The van der Waals surface area contributed by atoms with E-state index in [9.17, 15) is 14.7 Å². The van der Waals surface area contributed by atoms with E-state index in [4.69, 9.17) is 9.15 Å². The summed E-state index contributed by atoms with van der Waals surface area (Å²) in [7, 11) is 3.23. The second-order valence-electron chi connectivity index (χ2n) is 6.13. The third-order valence-electron chi connectivity index (χ3n) is 3.99. The Balaban J connectivity index is 1.80. The zero-order valence-corrected chi connectivity index (χ0v) is 14.5. The largest absolute Gasteiger partial charge is 0.508 e. The number of amides is 1. The van der Waals surface area contributed by atoms with Crippen LogP contribution >= 0.6 is 0 Å². The Bertz CT molecular complexity index is 930. The number of fused-ring (bicyclic) bond motifs is 1. The SMILES string of the molecule is CN(C)C(=O)[C@@H](OC(=O)Cc1coc2cc(O)ccc12)c1ccccc1. The van der Waals surface area contributed by atoms with Crippen molar-refractivity contribution in [3.63, 3.8) is 0 Å². The average molecular weight is 353 g/mol. The van der Waals surface area contributed by atoms with Gasteiger partial charge in [0.15, 0.2) is 0 Å². The van der Waals surface area contributed by atoms with Gasteiger partial charge in [-0.05, 0) is 12.1 Å². The molecule has 1 atom stereocenters. The molecule has 26 heavy (non-hydrogen) atoms. The molecule has 1 N–H and O–H groups in total. The van der Waals surface area contributed by atoms with Crippen molar-refractivity contribution in [3.8, 4) is 5.75 Å². The van der Waals surface area contributed by atoms with E-state index in [1.165, 1.54) is 23.3 Å². The fraction of sp³-hybridized carbons (Fsp3) is 0.200. The summed E-state index contributed by atoms with van der Waals surface area (Å²) in [5.41, 5.74) is 1.73. The number of aromatic hydroxyl groups is 1. The summed E-state index contributed by atoms with van der Waals surface area (Å²) in [4.78, 5) is 26.3. The molecule has 0 saturated carbocycles. The smallest absolute Gasteiger partial charge is 0.311 e. The van der Waals surface area contributed by atoms with Gasteiger partial charge in [-0.2, -0.15) is 0 Å². The number of phenols is 1. The summed E-state index contributed by atoms with van der Waals surface area (Å²) >= 11 is 0. The molecule has 0 aliphatic carbocycles. The van der Waals surface area contributed by atoms with Crippen LogP contribution in [0.1, 0.15) is 17.2 Å². The normalized spacial score (nSPS) is 11.9. The lowest BCUT2D eigenvalue weighted by molar-refractivity contribution is -0.159. The highest BCUT2D eigenvalue weighted by Crippen LogP contribution is 2.26. The minimum Gasteiger partial charge on any atom is -0.508 e. The lowest BCUT2D eigenvalue weighted by Gasteiger charge is -2.21. The number of carbonyl (C=O) groups is 2. The van der Waals surface area contributed by atoms with E-state index < -0.39 is 12.1 Å². The Morgan fingerprint density at radius 1 is 1.15 bits per heavy atom. The molecule has 1 heterocycles. The number of esters is 1. The third-order valence-corrected chi connectivity index (χ3v) is 3.99. The van der Waals surface area contributed by atoms with Gasteiger partial charge in [-0.3, -0.25) is 9.59 Å². The Kier molecular flexibility index (Phi) is 4.93. The predicted octanol–water partition coefficient (Wildman–Crippen LogP) is 3.05. The van der Waals surface area contributed by atoms with Gasteiger partial charge in [0, 0.05) is 36.7 Å². The van der Waals surface area contributed by atoms with Crippen LogP contribution in [0.25, 0.3) is 11.0 Å². The number of nitrogens with zero attached hydrogens (tertiary/aromatic N) is 1. The van der Waals surface area contributed by atoms with Crippen molar-refractivity contribution in [2.45, 2.75) is 12.5 Å². The van der Waals surface area contributed by atoms with Crippen LogP contribution < -0.4 is 0 Å². The zero-order valence-electron chi connectivity index (χ0n) is 14.5. The number of carbonyl (C=O) groups excluding carboxylic acids is 2. The average Bonchev–Trinajstić information content (AvgIpc) is 3.01. The number of rotatable bonds is 5. The second-order valence-corrected chi connectivity index (χ2v) is 6.13. The molecule has 3 rings (SSSR count). The van der Waals surface area contributed by atoms with Crippen LogP contribution in [-0.4, -0.2) is 36.0 Å². The molecular formula is C20H19NO5. The molecule has 3 aromatic rings. The highest BCUT2D eigenvalue weighted by molar-refractivity contribution is 5.88. The number of hydrogen-bond acceptors (Lipinski definition) is 5. The van der Waals surface area contributed by atoms with Gasteiger partial charge in [0.25, 0.3) is 5.91 Å². The molecule has 6 nitrogen and oxygen atoms in total. The molecular weight excluding hydrogens is 334 g/mol. The standard InChI is InChI=1S/C20H19NO5/c1-21(2)20(24)19(13-6-4-3-5-7-13)26-18(23)10-14-12-25-17-11-15(22)8-9-16(14)17/h3-9,11-12,19,22H,10H2,1-2H3/t19-/m0/s1. The van der Waals surface area contributed by atoms with Gasteiger partial charge in [-0.15, -0.1) is 0 Å². The number of phenolic OH excluding ortho intramolecular Hbond substituents is 1. The first-order valence-corrected chi connectivity index (χ1v) is 8.10. The highest BCUT2D eigenvalue weighted by Gasteiger charge is 2.26. The molecule has 0 spiro atoms. The van der Waals surface area contributed by atoms with Crippen molar-refractivity contribution >= 4 is 22.8 Å². The third kappa shape index (κ3) is 3.69. The van der Waals surface area contributed by atoms with Crippen LogP contribution in [0.5, 0.6) is 5.75 Å². The molecule has 0 saturated heterocycles. The van der Waals surface area contributed by atoms with Gasteiger partial charge >= 0.3 is 5.97 Å². The van der Waals surface area contributed by atoms with Crippen LogP contribution in [0.2, 0.25) is 0 Å². The quantitative estimate of drug-likeness (QED) is 0.713. The fourth-order valence-electron chi connectivity index (χ4n) is 2.66. The van der Waals surface area contributed by atoms with Gasteiger partial charge in [-0.25, -0.2) is 0 Å². The van der Waals surface area contributed by atoms with Gasteiger partial charge in [0.1, 0.15) is 11.3 Å². The van der Waals surface area contributed by atoms with Gasteiger partial charge in [-0.1, -0.05) is 30.3 Å². The van der Waals surface area contributed by atoms with Crippen LogP contribution in [0.3, 0.4) is 0 Å². The van der Waals surface area contributed by atoms with Crippen LogP contribution in [0, 0.1) is 0 Å². The van der Waals surface area contributed by atoms with E-state index >= 15 is 0 Å². The Labute approximate surface area is 150 Å². The summed E-state index contributed by atoms with van der Waals surface area (Å²) in [5.74, 6) is -0.766. The predicted molar refractivity (Wildman–Crippen MR) is 95.6 cm³/mol. The summed E-state index contributed by atoms with van der Waals surface area (Å²) in [6.45, 7) is 0. The topological polar surface area (TPSA) is 80.0 Å². The number of furan rings is 1.